The van der Waals surface area contributed by atoms with Gasteiger partial charge in [0.05, 0.1) is 12.8 Å². The van der Waals surface area contributed by atoms with Crippen LogP contribution in [0.4, 0.5) is 0 Å². The van der Waals surface area contributed by atoms with Gasteiger partial charge in [-0.25, -0.2) is 0 Å². The molecule has 0 radical (unpaired) electrons. The summed E-state index contributed by atoms with van der Waals surface area (Å²) < 4.78 is 0. The molecular weight excluding hydrogens is 196 g/mol. The van der Waals surface area contributed by atoms with Crippen molar-refractivity contribution in [2.75, 3.05) is 0 Å². The van der Waals surface area contributed by atoms with Gasteiger partial charge in [-0.15, -0.1) is 0 Å². The first-order valence-corrected chi connectivity index (χ1v) is 9.78. The minimum absolute atomic E-state index is 0.837. The molecule has 2 aliphatic rings. The number of hydrogen-bond acceptors (Lipinski definition) is 0. The zero-order valence-corrected chi connectivity index (χ0v) is 11.6. The van der Waals surface area contributed by atoms with Gasteiger partial charge in [-0.1, -0.05) is 39.5 Å². The minimum atomic E-state index is -0.837. The molecule has 1 saturated heterocycles. The van der Waals surface area contributed by atoms with E-state index >= 15 is 0 Å². The highest BCUT2D eigenvalue weighted by molar-refractivity contribution is 6.86. The number of rotatable bonds is 6. The van der Waals surface area contributed by atoms with E-state index in [2.05, 4.69) is 19.4 Å². The molecular formula is C14H27Si+. The monoisotopic (exact) mass is 223 g/mol. The van der Waals surface area contributed by atoms with Crippen molar-refractivity contribution in [3.05, 3.63) is 5.54 Å². The van der Waals surface area contributed by atoms with Crippen LogP contribution in [0.25, 0.3) is 0 Å². The van der Waals surface area contributed by atoms with Gasteiger partial charge in [-0.3, -0.25) is 0 Å². The normalized spacial score (nSPS) is 27.6. The predicted octanol–water partition coefficient (Wildman–Crippen LogP) is 4.96. The Morgan fingerprint density at radius 1 is 1.13 bits per heavy atom. The van der Waals surface area contributed by atoms with Gasteiger partial charge in [-0.05, 0) is 24.6 Å². The van der Waals surface area contributed by atoms with Gasteiger partial charge < -0.3 is 0 Å². The molecule has 1 unspecified atom stereocenters. The van der Waals surface area contributed by atoms with Crippen LogP contribution < -0.4 is 0 Å². The Kier molecular flexibility index (Phi) is 3.81. The lowest BCUT2D eigenvalue weighted by molar-refractivity contribution is 0.613. The van der Waals surface area contributed by atoms with Crippen molar-refractivity contribution in [1.82, 2.24) is 0 Å². The first-order chi connectivity index (χ1) is 7.30. The highest BCUT2D eigenvalue weighted by atomic mass is 28.3. The van der Waals surface area contributed by atoms with Crippen LogP contribution in [0, 0.1) is 11.5 Å². The van der Waals surface area contributed by atoms with Gasteiger partial charge in [0.25, 0.3) is 8.07 Å². The van der Waals surface area contributed by atoms with Crippen LogP contribution in [0.3, 0.4) is 0 Å². The second kappa shape index (κ2) is 4.95. The molecule has 0 N–H and O–H groups in total. The second-order valence-corrected chi connectivity index (χ2v) is 10.6. The average Bonchev–Trinajstić information content (AvgIpc) is 2.84. The van der Waals surface area contributed by atoms with E-state index in [1.165, 1.54) is 25.7 Å². The van der Waals surface area contributed by atoms with Crippen LogP contribution in [0.1, 0.15) is 58.8 Å². The summed E-state index contributed by atoms with van der Waals surface area (Å²) in [6.45, 7) is 4.72. The zero-order chi connectivity index (χ0) is 10.7. The molecule has 2 rings (SSSR count). The van der Waals surface area contributed by atoms with Gasteiger partial charge in [0.2, 0.25) is 0 Å². The van der Waals surface area contributed by atoms with E-state index < -0.39 is 8.07 Å². The van der Waals surface area contributed by atoms with Crippen molar-refractivity contribution >= 4 is 8.07 Å². The Hall–Kier alpha value is 0.0869. The third kappa shape index (κ3) is 2.27. The maximum absolute atomic E-state index is 2.36. The van der Waals surface area contributed by atoms with E-state index in [0.29, 0.717) is 0 Å². The third-order valence-corrected chi connectivity index (χ3v) is 10.8. The summed E-state index contributed by atoms with van der Waals surface area (Å²) in [5.41, 5.74) is 2.12. The van der Waals surface area contributed by atoms with E-state index in [9.17, 15) is 0 Å². The van der Waals surface area contributed by atoms with Crippen LogP contribution in [-0.4, -0.2) is 8.07 Å². The zero-order valence-electron chi connectivity index (χ0n) is 10.6. The van der Waals surface area contributed by atoms with Crippen LogP contribution in [0.15, 0.2) is 0 Å². The Balaban J connectivity index is 1.96. The van der Waals surface area contributed by atoms with Crippen LogP contribution in [0.2, 0.25) is 18.1 Å². The summed E-state index contributed by atoms with van der Waals surface area (Å²) in [5, 5.41) is 0. The van der Waals surface area contributed by atoms with Gasteiger partial charge in [0.1, 0.15) is 0 Å². The Bertz CT molecular complexity index is 192. The maximum atomic E-state index is 2.36. The summed E-state index contributed by atoms with van der Waals surface area (Å²) in [7, 11) is -0.837. The van der Waals surface area contributed by atoms with Crippen LogP contribution >= 0.6 is 0 Å². The van der Waals surface area contributed by atoms with Crippen molar-refractivity contribution in [3.8, 4) is 0 Å². The van der Waals surface area contributed by atoms with E-state index in [-0.39, 0.29) is 0 Å². The number of hydrogen-bond donors (Lipinski definition) is 0. The molecule has 0 nitrogen and oxygen atoms in total. The van der Waals surface area contributed by atoms with Crippen molar-refractivity contribution in [1.29, 1.82) is 0 Å². The molecule has 2 fully saturated rings. The minimum Gasteiger partial charge on any atom is -0.0654 e. The molecule has 1 saturated carbocycles. The molecule has 1 heteroatoms. The molecule has 1 atom stereocenters. The SMILES string of the molecule is CCCC[Si]1(CCCC)CC2CC[C+]1C2. The third-order valence-electron chi connectivity index (χ3n) is 4.84. The lowest BCUT2D eigenvalue weighted by Crippen LogP contribution is -2.39. The predicted molar refractivity (Wildman–Crippen MR) is 70.6 cm³/mol. The van der Waals surface area contributed by atoms with Gasteiger partial charge in [-0.2, -0.15) is 0 Å². The molecule has 86 valence electrons. The molecule has 1 aliphatic carbocycles. The first kappa shape index (κ1) is 11.6. The number of fused-ring (bicyclic) bond motifs is 2. The van der Waals surface area contributed by atoms with Crippen LogP contribution in [-0.2, 0) is 0 Å². The summed E-state index contributed by atoms with van der Waals surface area (Å²) in [4.78, 5) is 0. The van der Waals surface area contributed by atoms with Crippen molar-refractivity contribution in [3.63, 3.8) is 0 Å². The molecule has 1 heterocycles. The Labute approximate surface area is 96.9 Å². The van der Waals surface area contributed by atoms with Crippen molar-refractivity contribution < 1.29 is 0 Å². The average molecular weight is 223 g/mol. The second-order valence-electron chi connectivity index (χ2n) is 5.90. The van der Waals surface area contributed by atoms with E-state index in [0.717, 1.165) is 5.92 Å². The fourth-order valence-electron chi connectivity index (χ4n) is 4.00. The lowest BCUT2D eigenvalue weighted by atomic mass is 10.1. The first-order valence-electron chi connectivity index (χ1n) is 7.16. The van der Waals surface area contributed by atoms with E-state index in [1.807, 2.05) is 0 Å². The van der Waals surface area contributed by atoms with Gasteiger partial charge >= 0.3 is 0 Å². The highest BCUT2D eigenvalue weighted by Gasteiger charge is 2.61. The molecule has 2 bridgehead atoms. The summed E-state index contributed by atoms with van der Waals surface area (Å²) >= 11 is 0. The molecule has 15 heavy (non-hydrogen) atoms. The fraction of sp³-hybridized carbons (Fsp3) is 0.929. The topological polar surface area (TPSA) is 0 Å². The van der Waals surface area contributed by atoms with Crippen molar-refractivity contribution in [2.24, 2.45) is 5.92 Å². The molecule has 0 spiro atoms. The Morgan fingerprint density at radius 2 is 1.80 bits per heavy atom. The summed E-state index contributed by atoms with van der Waals surface area (Å²) in [6.07, 6.45) is 10.5. The summed E-state index contributed by atoms with van der Waals surface area (Å²) in [5.74, 6) is 1.15. The summed E-state index contributed by atoms with van der Waals surface area (Å²) in [6, 6.07) is 4.99. The van der Waals surface area contributed by atoms with Gasteiger partial charge in [0, 0.05) is 11.5 Å². The lowest BCUT2D eigenvalue weighted by Gasteiger charge is -2.26. The number of unbranched alkanes of at least 4 members (excludes halogenated alkanes) is 2. The molecule has 0 amide bonds. The molecule has 0 aromatic heterocycles. The molecule has 0 aromatic rings. The van der Waals surface area contributed by atoms with Crippen molar-refractivity contribution in [2.45, 2.75) is 76.9 Å². The van der Waals surface area contributed by atoms with E-state index in [4.69, 9.17) is 0 Å². The molecule has 0 aromatic carbocycles. The van der Waals surface area contributed by atoms with E-state index in [1.54, 1.807) is 37.4 Å². The molecule has 1 aliphatic heterocycles. The van der Waals surface area contributed by atoms with Gasteiger partial charge in [0.15, 0.2) is 0 Å². The maximum Gasteiger partial charge on any atom is 0.271 e. The smallest absolute Gasteiger partial charge is 0.0654 e. The fourth-order valence-corrected chi connectivity index (χ4v) is 10.6. The Morgan fingerprint density at radius 3 is 2.20 bits per heavy atom. The highest BCUT2D eigenvalue weighted by Crippen LogP contribution is 2.55. The quantitative estimate of drug-likeness (QED) is 0.441. The largest absolute Gasteiger partial charge is 0.271 e. The standard InChI is InChI=1S/C14H27Si/c1-3-5-9-15(10-6-4-2)12-13-7-8-14(15)11-13/h13H,3-12H2,1-2H3/q+1. The van der Waals surface area contributed by atoms with Crippen LogP contribution in [0.5, 0.6) is 0 Å².